The lowest BCUT2D eigenvalue weighted by Crippen LogP contribution is -1.87. The molecular weight excluding hydrogens is 162 g/mol. The highest BCUT2D eigenvalue weighted by Crippen LogP contribution is 1.96. The fourth-order valence-electron chi connectivity index (χ4n) is 0.849. The SMILES string of the molecule is C=CCON=CCc1cc[c]cc1. The molecule has 0 unspecified atom stereocenters. The minimum absolute atomic E-state index is 0.457. The van der Waals surface area contributed by atoms with Crippen LogP contribution in [0.5, 0.6) is 0 Å². The van der Waals surface area contributed by atoms with Gasteiger partial charge in [0.05, 0.1) is 0 Å². The lowest BCUT2D eigenvalue weighted by molar-refractivity contribution is 0.176. The molecule has 0 aliphatic carbocycles. The molecule has 0 aliphatic heterocycles. The first-order chi connectivity index (χ1) is 6.43. The van der Waals surface area contributed by atoms with Gasteiger partial charge in [0, 0.05) is 12.6 Å². The molecule has 0 bridgehead atoms. The summed E-state index contributed by atoms with van der Waals surface area (Å²) in [5, 5.41) is 3.75. The van der Waals surface area contributed by atoms with E-state index in [4.69, 9.17) is 4.84 Å². The molecule has 2 nitrogen and oxygen atoms in total. The molecule has 0 heterocycles. The molecule has 67 valence electrons. The Bertz CT molecular complexity index is 267. The van der Waals surface area contributed by atoms with Crippen LogP contribution in [0.15, 0.2) is 42.1 Å². The van der Waals surface area contributed by atoms with Gasteiger partial charge in [-0.15, -0.1) is 0 Å². The third-order valence-electron chi connectivity index (χ3n) is 1.46. The highest BCUT2D eigenvalue weighted by molar-refractivity contribution is 5.60. The van der Waals surface area contributed by atoms with E-state index in [1.807, 2.05) is 24.3 Å². The summed E-state index contributed by atoms with van der Waals surface area (Å²) in [6, 6.07) is 10.7. The van der Waals surface area contributed by atoms with Crippen molar-refractivity contribution < 1.29 is 4.84 Å². The second-order valence-electron chi connectivity index (χ2n) is 2.48. The first-order valence-electron chi connectivity index (χ1n) is 4.13. The molecule has 0 amide bonds. The van der Waals surface area contributed by atoms with Gasteiger partial charge in [0.1, 0.15) is 6.61 Å². The van der Waals surface area contributed by atoms with Crippen LogP contribution in [0.3, 0.4) is 0 Å². The summed E-state index contributed by atoms with van der Waals surface area (Å²) in [4.78, 5) is 4.85. The van der Waals surface area contributed by atoms with Gasteiger partial charge in [-0.3, -0.25) is 0 Å². The highest BCUT2D eigenvalue weighted by atomic mass is 16.6. The molecule has 0 saturated heterocycles. The van der Waals surface area contributed by atoms with Crippen LogP contribution in [-0.4, -0.2) is 12.8 Å². The van der Waals surface area contributed by atoms with Crippen molar-refractivity contribution in [3.8, 4) is 0 Å². The zero-order valence-corrected chi connectivity index (χ0v) is 7.44. The fraction of sp³-hybridized carbons (Fsp3) is 0.182. The minimum atomic E-state index is 0.457. The second-order valence-corrected chi connectivity index (χ2v) is 2.48. The predicted octanol–water partition coefficient (Wildman–Crippen LogP) is 2.22. The molecule has 1 aromatic rings. The Morgan fingerprint density at radius 1 is 1.46 bits per heavy atom. The van der Waals surface area contributed by atoms with Gasteiger partial charge in [0.15, 0.2) is 0 Å². The van der Waals surface area contributed by atoms with Crippen LogP contribution in [0.4, 0.5) is 0 Å². The Labute approximate surface area is 78.5 Å². The van der Waals surface area contributed by atoms with Crippen molar-refractivity contribution in [1.29, 1.82) is 0 Å². The summed E-state index contributed by atoms with van der Waals surface area (Å²) in [5.41, 5.74) is 1.20. The Hall–Kier alpha value is -1.57. The summed E-state index contributed by atoms with van der Waals surface area (Å²) in [6.07, 6.45) is 4.18. The van der Waals surface area contributed by atoms with E-state index in [0.717, 1.165) is 6.42 Å². The van der Waals surface area contributed by atoms with Gasteiger partial charge in [-0.05, 0) is 11.6 Å². The summed E-state index contributed by atoms with van der Waals surface area (Å²) < 4.78 is 0. The van der Waals surface area contributed by atoms with Crippen molar-refractivity contribution in [1.82, 2.24) is 0 Å². The van der Waals surface area contributed by atoms with E-state index in [1.165, 1.54) is 5.56 Å². The van der Waals surface area contributed by atoms with Gasteiger partial charge in [0.25, 0.3) is 0 Å². The molecule has 1 radical (unpaired) electrons. The summed E-state index contributed by atoms with van der Waals surface area (Å²) in [6.45, 7) is 3.97. The summed E-state index contributed by atoms with van der Waals surface area (Å²) in [5.74, 6) is 0. The van der Waals surface area contributed by atoms with E-state index in [-0.39, 0.29) is 0 Å². The maximum atomic E-state index is 4.85. The van der Waals surface area contributed by atoms with Gasteiger partial charge in [0.2, 0.25) is 0 Å². The third kappa shape index (κ3) is 4.11. The van der Waals surface area contributed by atoms with Crippen LogP contribution in [0, 0.1) is 6.07 Å². The lowest BCUT2D eigenvalue weighted by Gasteiger charge is -1.93. The van der Waals surface area contributed by atoms with Gasteiger partial charge in [-0.1, -0.05) is 42.1 Å². The van der Waals surface area contributed by atoms with Gasteiger partial charge in [-0.25, -0.2) is 0 Å². The Morgan fingerprint density at radius 2 is 2.23 bits per heavy atom. The molecule has 0 aromatic heterocycles. The number of hydrogen-bond donors (Lipinski definition) is 0. The number of nitrogens with zero attached hydrogens (tertiary/aromatic N) is 1. The van der Waals surface area contributed by atoms with Gasteiger partial charge < -0.3 is 4.84 Å². The molecular formula is C11H12NO. The van der Waals surface area contributed by atoms with Crippen molar-refractivity contribution in [3.63, 3.8) is 0 Å². The van der Waals surface area contributed by atoms with E-state index in [0.29, 0.717) is 6.61 Å². The standard InChI is InChI=1S/C11H12NO/c1-2-10-13-12-9-8-11-6-4-3-5-7-11/h2,4-7,9H,1,8,10H2. The monoisotopic (exact) mass is 174 g/mol. The Balaban J connectivity index is 2.26. The zero-order valence-electron chi connectivity index (χ0n) is 7.44. The molecule has 0 fully saturated rings. The smallest absolute Gasteiger partial charge is 0.135 e. The Morgan fingerprint density at radius 3 is 2.92 bits per heavy atom. The first-order valence-corrected chi connectivity index (χ1v) is 4.13. The normalized spacial score (nSPS) is 10.2. The molecule has 0 N–H and O–H groups in total. The van der Waals surface area contributed by atoms with Crippen LogP contribution in [0.1, 0.15) is 5.56 Å². The van der Waals surface area contributed by atoms with Gasteiger partial charge in [-0.2, -0.15) is 0 Å². The molecule has 0 atom stereocenters. The molecule has 1 rings (SSSR count). The first kappa shape index (κ1) is 9.52. The summed E-state index contributed by atoms with van der Waals surface area (Å²) >= 11 is 0. The molecule has 2 heteroatoms. The van der Waals surface area contributed by atoms with Crippen LogP contribution >= 0.6 is 0 Å². The molecule has 1 aromatic carbocycles. The average Bonchev–Trinajstić information content (AvgIpc) is 2.19. The summed E-state index contributed by atoms with van der Waals surface area (Å²) in [7, 11) is 0. The van der Waals surface area contributed by atoms with E-state index in [2.05, 4.69) is 17.8 Å². The third-order valence-corrected chi connectivity index (χ3v) is 1.46. The predicted molar refractivity (Wildman–Crippen MR) is 53.6 cm³/mol. The second kappa shape index (κ2) is 6.00. The topological polar surface area (TPSA) is 21.6 Å². The molecule has 13 heavy (non-hydrogen) atoms. The fourth-order valence-corrected chi connectivity index (χ4v) is 0.849. The quantitative estimate of drug-likeness (QED) is 0.290. The largest absolute Gasteiger partial charge is 0.392 e. The number of oxime groups is 1. The molecule has 0 saturated carbocycles. The van der Waals surface area contributed by atoms with Crippen molar-refractivity contribution >= 4 is 6.21 Å². The number of rotatable bonds is 5. The number of benzene rings is 1. The molecule has 0 aliphatic rings. The maximum Gasteiger partial charge on any atom is 0.135 e. The molecule has 0 spiro atoms. The maximum absolute atomic E-state index is 4.85. The van der Waals surface area contributed by atoms with E-state index in [9.17, 15) is 0 Å². The van der Waals surface area contributed by atoms with E-state index >= 15 is 0 Å². The van der Waals surface area contributed by atoms with Crippen LogP contribution < -0.4 is 0 Å². The highest BCUT2D eigenvalue weighted by Gasteiger charge is 1.85. The lowest BCUT2D eigenvalue weighted by atomic mass is 10.2. The van der Waals surface area contributed by atoms with Crippen molar-refractivity contribution in [2.75, 3.05) is 6.61 Å². The average molecular weight is 174 g/mol. The van der Waals surface area contributed by atoms with Crippen LogP contribution in [-0.2, 0) is 11.3 Å². The zero-order chi connectivity index (χ0) is 9.36. The van der Waals surface area contributed by atoms with Gasteiger partial charge >= 0.3 is 0 Å². The van der Waals surface area contributed by atoms with E-state index in [1.54, 1.807) is 12.3 Å². The van der Waals surface area contributed by atoms with Crippen molar-refractivity contribution in [3.05, 3.63) is 48.6 Å². The number of hydrogen-bond acceptors (Lipinski definition) is 2. The van der Waals surface area contributed by atoms with Crippen LogP contribution in [0.25, 0.3) is 0 Å². The van der Waals surface area contributed by atoms with Crippen molar-refractivity contribution in [2.45, 2.75) is 6.42 Å². The van der Waals surface area contributed by atoms with E-state index < -0.39 is 0 Å². The minimum Gasteiger partial charge on any atom is -0.392 e. The van der Waals surface area contributed by atoms with Crippen LogP contribution in [0.2, 0.25) is 0 Å². The Kier molecular flexibility index (Phi) is 4.39. The van der Waals surface area contributed by atoms with Crippen molar-refractivity contribution in [2.24, 2.45) is 5.16 Å².